The number of ether oxygens (including phenoxy) is 2. The van der Waals surface area contributed by atoms with Gasteiger partial charge in [0.05, 0.1) is 31.9 Å². The summed E-state index contributed by atoms with van der Waals surface area (Å²) < 4.78 is 10.7. The molecule has 1 heterocycles. The Kier molecular flexibility index (Phi) is 5.54. The quantitative estimate of drug-likeness (QED) is 0.640. The number of methoxy groups -OCH3 is 2. The van der Waals surface area contributed by atoms with Crippen molar-refractivity contribution >= 4 is 28.8 Å². The van der Waals surface area contributed by atoms with Gasteiger partial charge in [-0.2, -0.15) is 0 Å². The lowest BCUT2D eigenvalue weighted by Crippen LogP contribution is -2.13. The molecule has 146 valence electrons. The maximum Gasteiger partial charge on any atom is 0.258 e. The van der Waals surface area contributed by atoms with Crippen LogP contribution >= 0.6 is 0 Å². The van der Waals surface area contributed by atoms with Crippen molar-refractivity contribution in [3.8, 4) is 11.5 Å². The smallest absolute Gasteiger partial charge is 0.258 e. The number of rotatable bonds is 7. The number of fused-ring (bicyclic) bond motifs is 1. The summed E-state index contributed by atoms with van der Waals surface area (Å²) >= 11 is 0. The Morgan fingerprint density at radius 1 is 1.11 bits per heavy atom. The highest BCUT2D eigenvalue weighted by molar-refractivity contribution is 6.32. The van der Waals surface area contributed by atoms with Gasteiger partial charge in [-0.1, -0.05) is 19.1 Å². The van der Waals surface area contributed by atoms with Crippen LogP contribution < -0.4 is 25.8 Å². The summed E-state index contributed by atoms with van der Waals surface area (Å²) in [4.78, 5) is 23.7. The van der Waals surface area contributed by atoms with E-state index in [2.05, 4.69) is 10.6 Å². The third kappa shape index (κ3) is 3.78. The number of amides is 2. The number of nitrogens with two attached hydrogens (primary N) is 1. The van der Waals surface area contributed by atoms with Crippen LogP contribution in [0, 0.1) is 0 Å². The van der Waals surface area contributed by atoms with Crippen LogP contribution in [0.5, 0.6) is 11.5 Å². The fourth-order valence-electron chi connectivity index (χ4n) is 3.20. The van der Waals surface area contributed by atoms with E-state index in [1.165, 1.54) is 0 Å². The molecule has 4 N–H and O–H groups in total. The second kappa shape index (κ2) is 8.04. The van der Waals surface area contributed by atoms with Gasteiger partial charge in [0.2, 0.25) is 5.91 Å². The molecule has 0 spiro atoms. The Labute approximate surface area is 163 Å². The largest absolute Gasteiger partial charge is 0.493 e. The van der Waals surface area contributed by atoms with Gasteiger partial charge in [0.25, 0.3) is 5.91 Å². The molecule has 7 heteroatoms. The minimum absolute atomic E-state index is 0.181. The minimum atomic E-state index is -0.374. The predicted octanol–water partition coefficient (Wildman–Crippen LogP) is 2.92. The van der Waals surface area contributed by atoms with Gasteiger partial charge < -0.3 is 25.8 Å². The third-order valence-corrected chi connectivity index (χ3v) is 4.55. The Morgan fingerprint density at radius 3 is 2.32 bits per heavy atom. The minimum Gasteiger partial charge on any atom is -0.493 e. The summed E-state index contributed by atoms with van der Waals surface area (Å²) in [7, 11) is 3.11. The predicted molar refractivity (Wildman–Crippen MR) is 108 cm³/mol. The Bertz CT molecular complexity index is 949. The molecule has 0 atom stereocenters. The Morgan fingerprint density at radius 2 is 1.75 bits per heavy atom. The number of hydrogen-bond donors (Lipinski definition) is 3. The van der Waals surface area contributed by atoms with Crippen LogP contribution in [0.3, 0.4) is 0 Å². The molecule has 7 nitrogen and oxygen atoms in total. The molecular weight excluding hydrogens is 358 g/mol. The number of primary amides is 1. The van der Waals surface area contributed by atoms with Gasteiger partial charge in [0.1, 0.15) is 0 Å². The fraction of sp³-hybridized carbons (Fsp3) is 0.238. The van der Waals surface area contributed by atoms with Crippen LogP contribution in [0.4, 0.5) is 11.4 Å². The lowest BCUT2D eigenvalue weighted by Gasteiger charge is -2.14. The summed E-state index contributed by atoms with van der Waals surface area (Å²) in [5.74, 6) is 0.557. The number of hydrogen-bond acceptors (Lipinski definition) is 5. The normalized spacial score (nSPS) is 14.2. The molecular formula is C21H23N3O4. The number of anilines is 2. The van der Waals surface area contributed by atoms with Crippen LogP contribution in [0.15, 0.2) is 42.1 Å². The molecule has 0 aromatic heterocycles. The first kappa shape index (κ1) is 19.3. The average molecular weight is 381 g/mol. The topological polar surface area (TPSA) is 103 Å². The zero-order valence-corrected chi connectivity index (χ0v) is 16.1. The first-order valence-electron chi connectivity index (χ1n) is 8.92. The number of nitrogens with one attached hydrogen (secondary N) is 2. The highest BCUT2D eigenvalue weighted by Crippen LogP contribution is 2.42. The maximum absolute atomic E-state index is 12.7. The van der Waals surface area contributed by atoms with Crippen LogP contribution in [0.2, 0.25) is 0 Å². The standard InChI is InChI=1S/C21H23N3O4/c1-4-15(23-13-7-5-12(6-8-13)9-19(22)25)20-14-10-17(27-2)18(28-3)11-16(14)24-21(20)26/h5-8,10-11,23H,4,9H2,1-3H3,(H2,22,25)(H,24,26). The Hall–Kier alpha value is -3.48. The lowest BCUT2D eigenvalue weighted by molar-refractivity contribution is -0.117. The van der Waals surface area contributed by atoms with Crippen molar-refractivity contribution in [3.63, 3.8) is 0 Å². The number of allylic oxidation sites excluding steroid dienone is 1. The summed E-state index contributed by atoms with van der Waals surface area (Å²) in [5, 5.41) is 6.20. The molecule has 28 heavy (non-hydrogen) atoms. The van der Waals surface area contributed by atoms with Crippen molar-refractivity contribution in [1.82, 2.24) is 0 Å². The zero-order valence-electron chi connectivity index (χ0n) is 16.1. The Balaban J connectivity index is 1.97. The lowest BCUT2D eigenvalue weighted by atomic mass is 10.0. The van der Waals surface area contributed by atoms with Crippen LogP contribution in [-0.4, -0.2) is 26.0 Å². The first-order chi connectivity index (χ1) is 13.5. The van der Waals surface area contributed by atoms with E-state index in [9.17, 15) is 9.59 Å². The van der Waals surface area contributed by atoms with Gasteiger partial charge in [-0.3, -0.25) is 9.59 Å². The average Bonchev–Trinajstić information content (AvgIpc) is 3.00. The highest BCUT2D eigenvalue weighted by Gasteiger charge is 2.29. The van der Waals surface area contributed by atoms with E-state index in [-0.39, 0.29) is 18.2 Å². The van der Waals surface area contributed by atoms with E-state index < -0.39 is 0 Å². The third-order valence-electron chi connectivity index (χ3n) is 4.55. The molecule has 0 fully saturated rings. The van der Waals surface area contributed by atoms with Crippen molar-refractivity contribution in [3.05, 3.63) is 53.2 Å². The van der Waals surface area contributed by atoms with E-state index in [1.54, 1.807) is 26.4 Å². The van der Waals surface area contributed by atoms with Gasteiger partial charge in [-0.15, -0.1) is 0 Å². The molecule has 0 saturated heterocycles. The van der Waals surface area contributed by atoms with Crippen LogP contribution in [0.25, 0.3) is 5.57 Å². The molecule has 0 aliphatic carbocycles. The number of carbonyl (C=O) groups is 2. The molecule has 0 radical (unpaired) electrons. The van der Waals surface area contributed by atoms with Crippen molar-refractivity contribution < 1.29 is 19.1 Å². The van der Waals surface area contributed by atoms with E-state index in [0.717, 1.165) is 22.5 Å². The molecule has 2 amide bonds. The zero-order chi connectivity index (χ0) is 20.3. The van der Waals surface area contributed by atoms with Gasteiger partial charge in [0, 0.05) is 23.0 Å². The van der Waals surface area contributed by atoms with Crippen LogP contribution in [0.1, 0.15) is 24.5 Å². The van der Waals surface area contributed by atoms with E-state index in [1.807, 2.05) is 31.2 Å². The molecule has 2 aromatic carbocycles. The van der Waals surface area contributed by atoms with Gasteiger partial charge in [-0.05, 0) is 30.2 Å². The van der Waals surface area contributed by atoms with Crippen molar-refractivity contribution in [2.24, 2.45) is 5.73 Å². The second-order valence-corrected chi connectivity index (χ2v) is 6.38. The number of benzene rings is 2. The van der Waals surface area contributed by atoms with Crippen LogP contribution in [-0.2, 0) is 16.0 Å². The highest BCUT2D eigenvalue weighted by atomic mass is 16.5. The maximum atomic E-state index is 12.7. The molecule has 2 aromatic rings. The van der Waals surface area contributed by atoms with E-state index in [4.69, 9.17) is 15.2 Å². The number of carbonyl (C=O) groups excluding carboxylic acids is 2. The molecule has 1 aliphatic rings. The summed E-state index contributed by atoms with van der Waals surface area (Å²) in [6.45, 7) is 1.98. The van der Waals surface area contributed by atoms with Gasteiger partial charge >= 0.3 is 0 Å². The monoisotopic (exact) mass is 381 g/mol. The summed E-state index contributed by atoms with van der Waals surface area (Å²) in [6.07, 6.45) is 0.818. The summed E-state index contributed by atoms with van der Waals surface area (Å²) in [5.41, 5.74) is 9.68. The van der Waals surface area contributed by atoms with E-state index in [0.29, 0.717) is 29.2 Å². The van der Waals surface area contributed by atoms with Gasteiger partial charge in [0.15, 0.2) is 11.5 Å². The molecule has 3 rings (SSSR count). The SMILES string of the molecule is CCC(Nc1ccc(CC(N)=O)cc1)=C1C(=O)Nc2cc(OC)c(OC)cc21. The van der Waals surface area contributed by atoms with Gasteiger partial charge in [-0.25, -0.2) is 0 Å². The summed E-state index contributed by atoms with van der Waals surface area (Å²) in [6, 6.07) is 10.9. The molecule has 0 unspecified atom stereocenters. The first-order valence-corrected chi connectivity index (χ1v) is 8.92. The second-order valence-electron chi connectivity index (χ2n) is 6.38. The van der Waals surface area contributed by atoms with Crippen molar-refractivity contribution in [2.75, 3.05) is 24.9 Å². The van der Waals surface area contributed by atoms with Crippen molar-refractivity contribution in [1.29, 1.82) is 0 Å². The fourth-order valence-corrected chi connectivity index (χ4v) is 3.20. The molecule has 0 saturated carbocycles. The molecule has 0 bridgehead atoms. The van der Waals surface area contributed by atoms with E-state index >= 15 is 0 Å². The molecule has 1 aliphatic heterocycles. The van der Waals surface area contributed by atoms with Crippen molar-refractivity contribution in [2.45, 2.75) is 19.8 Å².